The van der Waals surface area contributed by atoms with Gasteiger partial charge in [-0.1, -0.05) is 0 Å². The number of benzene rings is 1. The largest absolute Gasteiger partial charge is 0.381 e. The molecular formula is C13H14N2O3. The van der Waals surface area contributed by atoms with E-state index >= 15 is 0 Å². The predicted octanol–water partition coefficient (Wildman–Crippen LogP) is 1.47. The number of Topliss-reactive ketones (excluding diaryl/α,β-unsaturated/α-hetero) is 1. The molecule has 1 fully saturated rings. The Morgan fingerprint density at radius 1 is 1.17 bits per heavy atom. The van der Waals surface area contributed by atoms with E-state index in [1.807, 2.05) is 0 Å². The van der Waals surface area contributed by atoms with E-state index in [0.717, 1.165) is 18.4 Å². The number of rotatable bonds is 2. The Labute approximate surface area is 103 Å². The van der Waals surface area contributed by atoms with Gasteiger partial charge in [0.15, 0.2) is 5.78 Å². The van der Waals surface area contributed by atoms with Gasteiger partial charge in [-0.3, -0.25) is 4.79 Å². The second kappa shape index (κ2) is 4.42. The van der Waals surface area contributed by atoms with Crippen LogP contribution in [0.25, 0.3) is 11.0 Å². The van der Waals surface area contributed by atoms with E-state index in [2.05, 4.69) is 9.97 Å². The van der Waals surface area contributed by atoms with Gasteiger partial charge in [0.25, 0.3) is 0 Å². The number of aromatic amines is 2. The van der Waals surface area contributed by atoms with Crippen molar-refractivity contribution in [3.05, 3.63) is 34.2 Å². The summed E-state index contributed by atoms with van der Waals surface area (Å²) < 4.78 is 5.25. The van der Waals surface area contributed by atoms with Crippen LogP contribution in [0.15, 0.2) is 23.0 Å². The lowest BCUT2D eigenvalue weighted by Gasteiger charge is -2.20. The maximum Gasteiger partial charge on any atom is 0.323 e. The number of H-pyrrole nitrogens is 2. The first-order valence-corrected chi connectivity index (χ1v) is 6.08. The number of ketones is 1. The highest BCUT2D eigenvalue weighted by Gasteiger charge is 2.22. The minimum absolute atomic E-state index is 0.0434. The van der Waals surface area contributed by atoms with Crippen molar-refractivity contribution in [2.45, 2.75) is 12.8 Å². The third-order valence-electron chi connectivity index (χ3n) is 3.39. The average molecular weight is 246 g/mol. The van der Waals surface area contributed by atoms with E-state index in [1.54, 1.807) is 18.2 Å². The molecule has 0 aliphatic carbocycles. The molecule has 1 aromatic carbocycles. The van der Waals surface area contributed by atoms with Crippen molar-refractivity contribution in [2.24, 2.45) is 5.92 Å². The van der Waals surface area contributed by atoms with Crippen molar-refractivity contribution in [3.63, 3.8) is 0 Å². The van der Waals surface area contributed by atoms with E-state index in [4.69, 9.17) is 4.74 Å². The Bertz CT molecular complexity index is 635. The Hall–Kier alpha value is -1.88. The highest BCUT2D eigenvalue weighted by molar-refractivity contribution is 6.00. The number of fused-ring (bicyclic) bond motifs is 1. The Morgan fingerprint density at radius 2 is 1.89 bits per heavy atom. The summed E-state index contributed by atoms with van der Waals surface area (Å²) in [7, 11) is 0. The molecule has 2 heterocycles. The molecule has 1 aliphatic rings. The van der Waals surface area contributed by atoms with E-state index in [0.29, 0.717) is 24.3 Å². The summed E-state index contributed by atoms with van der Waals surface area (Å²) in [5, 5.41) is 0. The molecule has 0 bridgehead atoms. The average Bonchev–Trinajstić information content (AvgIpc) is 2.78. The fourth-order valence-corrected chi connectivity index (χ4v) is 2.38. The summed E-state index contributed by atoms with van der Waals surface area (Å²) in [6.45, 7) is 1.30. The van der Waals surface area contributed by atoms with E-state index < -0.39 is 0 Å². The molecule has 0 atom stereocenters. The summed E-state index contributed by atoms with van der Waals surface area (Å²) in [4.78, 5) is 28.8. The van der Waals surface area contributed by atoms with Crippen LogP contribution >= 0.6 is 0 Å². The zero-order chi connectivity index (χ0) is 12.5. The van der Waals surface area contributed by atoms with Crippen LogP contribution in [-0.2, 0) is 4.74 Å². The van der Waals surface area contributed by atoms with Crippen LogP contribution in [0.3, 0.4) is 0 Å². The summed E-state index contributed by atoms with van der Waals surface area (Å²) >= 11 is 0. The summed E-state index contributed by atoms with van der Waals surface area (Å²) in [5.41, 5.74) is 1.81. The van der Waals surface area contributed by atoms with Crippen LogP contribution < -0.4 is 5.69 Å². The van der Waals surface area contributed by atoms with Crippen LogP contribution in [-0.4, -0.2) is 29.0 Å². The molecular weight excluding hydrogens is 232 g/mol. The van der Waals surface area contributed by atoms with Crippen molar-refractivity contribution < 1.29 is 9.53 Å². The molecule has 0 spiro atoms. The lowest BCUT2D eigenvalue weighted by molar-refractivity contribution is 0.0545. The fourth-order valence-electron chi connectivity index (χ4n) is 2.38. The van der Waals surface area contributed by atoms with Gasteiger partial charge < -0.3 is 14.7 Å². The van der Waals surface area contributed by atoms with Crippen molar-refractivity contribution in [1.82, 2.24) is 9.97 Å². The molecule has 2 N–H and O–H groups in total. The molecule has 2 aromatic rings. The highest BCUT2D eigenvalue weighted by Crippen LogP contribution is 2.21. The first-order valence-electron chi connectivity index (χ1n) is 6.08. The smallest absolute Gasteiger partial charge is 0.323 e. The monoisotopic (exact) mass is 246 g/mol. The molecule has 5 heteroatoms. The summed E-state index contributed by atoms with van der Waals surface area (Å²) in [6, 6.07) is 5.27. The van der Waals surface area contributed by atoms with Gasteiger partial charge in [0.1, 0.15) is 0 Å². The first-order chi connectivity index (χ1) is 8.74. The molecule has 0 unspecified atom stereocenters. The topological polar surface area (TPSA) is 75.0 Å². The van der Waals surface area contributed by atoms with E-state index in [1.165, 1.54) is 0 Å². The van der Waals surface area contributed by atoms with E-state index in [9.17, 15) is 9.59 Å². The van der Waals surface area contributed by atoms with Crippen LogP contribution in [0, 0.1) is 5.92 Å². The van der Waals surface area contributed by atoms with Gasteiger partial charge in [0.2, 0.25) is 0 Å². The van der Waals surface area contributed by atoms with Gasteiger partial charge >= 0.3 is 5.69 Å². The number of hydrogen-bond donors (Lipinski definition) is 2. The fraction of sp³-hybridized carbons (Fsp3) is 0.385. The number of carbonyl (C=O) groups excluding carboxylic acids is 1. The molecule has 5 nitrogen and oxygen atoms in total. The molecule has 0 amide bonds. The molecule has 0 radical (unpaired) electrons. The van der Waals surface area contributed by atoms with Gasteiger partial charge in [-0.15, -0.1) is 0 Å². The standard InChI is InChI=1S/C13H14N2O3/c16-12(8-3-5-18-6-4-8)9-1-2-10-11(7-9)15-13(17)14-10/h1-2,7-8H,3-6H2,(H2,14,15,17). The predicted molar refractivity (Wildman–Crippen MR) is 66.8 cm³/mol. The van der Waals surface area contributed by atoms with Crippen LogP contribution in [0.5, 0.6) is 0 Å². The number of imidazole rings is 1. The molecule has 18 heavy (non-hydrogen) atoms. The normalized spacial score (nSPS) is 17.1. The summed E-state index contributed by atoms with van der Waals surface area (Å²) in [6.07, 6.45) is 1.56. The molecule has 1 aromatic heterocycles. The zero-order valence-corrected chi connectivity index (χ0v) is 9.86. The SMILES string of the molecule is O=C(c1ccc2[nH]c(=O)[nH]c2c1)C1CCOCC1. The third kappa shape index (κ3) is 1.97. The first kappa shape index (κ1) is 11.2. The second-order valence-electron chi connectivity index (χ2n) is 4.59. The number of hydrogen-bond acceptors (Lipinski definition) is 3. The Balaban J connectivity index is 1.92. The van der Waals surface area contributed by atoms with Gasteiger partial charge in [-0.25, -0.2) is 4.79 Å². The Morgan fingerprint density at radius 3 is 2.67 bits per heavy atom. The number of aromatic nitrogens is 2. The van der Waals surface area contributed by atoms with Crippen molar-refractivity contribution in [3.8, 4) is 0 Å². The third-order valence-corrected chi connectivity index (χ3v) is 3.39. The molecule has 94 valence electrons. The van der Waals surface area contributed by atoms with Crippen molar-refractivity contribution in [1.29, 1.82) is 0 Å². The minimum Gasteiger partial charge on any atom is -0.381 e. The zero-order valence-electron chi connectivity index (χ0n) is 9.86. The maximum atomic E-state index is 12.3. The van der Waals surface area contributed by atoms with Gasteiger partial charge in [0, 0.05) is 24.7 Å². The number of nitrogens with one attached hydrogen (secondary N) is 2. The van der Waals surface area contributed by atoms with Crippen LogP contribution in [0.1, 0.15) is 23.2 Å². The highest BCUT2D eigenvalue weighted by atomic mass is 16.5. The van der Waals surface area contributed by atoms with Crippen molar-refractivity contribution in [2.75, 3.05) is 13.2 Å². The quantitative estimate of drug-likeness (QED) is 0.788. The molecule has 3 rings (SSSR count). The molecule has 1 saturated heterocycles. The van der Waals surface area contributed by atoms with Crippen LogP contribution in [0.2, 0.25) is 0 Å². The van der Waals surface area contributed by atoms with E-state index in [-0.39, 0.29) is 17.4 Å². The second-order valence-corrected chi connectivity index (χ2v) is 4.59. The van der Waals surface area contributed by atoms with Crippen molar-refractivity contribution >= 4 is 16.8 Å². The van der Waals surface area contributed by atoms with Gasteiger partial charge in [-0.2, -0.15) is 0 Å². The number of ether oxygens (including phenoxy) is 1. The molecule has 1 aliphatic heterocycles. The van der Waals surface area contributed by atoms with Crippen LogP contribution in [0.4, 0.5) is 0 Å². The molecule has 0 saturated carbocycles. The lowest BCUT2D eigenvalue weighted by atomic mass is 9.91. The Kier molecular flexibility index (Phi) is 2.76. The minimum atomic E-state index is -0.249. The summed E-state index contributed by atoms with van der Waals surface area (Å²) in [5.74, 6) is 0.184. The van der Waals surface area contributed by atoms with Gasteiger partial charge in [0.05, 0.1) is 11.0 Å². The van der Waals surface area contributed by atoms with Gasteiger partial charge in [-0.05, 0) is 31.0 Å². The number of carbonyl (C=O) groups is 1. The lowest BCUT2D eigenvalue weighted by Crippen LogP contribution is -2.23. The maximum absolute atomic E-state index is 12.3.